The lowest BCUT2D eigenvalue weighted by Gasteiger charge is -2.49. The van der Waals surface area contributed by atoms with Crippen LogP contribution in [-0.2, 0) is 10.8 Å². The van der Waals surface area contributed by atoms with Gasteiger partial charge in [-0.25, -0.2) is 0 Å². The smallest absolute Gasteiger partial charge is 0.0540 e. The third kappa shape index (κ3) is 4.94. The molecule has 0 saturated heterocycles. The van der Waals surface area contributed by atoms with Gasteiger partial charge in [0, 0.05) is 22.4 Å². The molecule has 0 radical (unpaired) electrons. The first-order chi connectivity index (χ1) is 27.9. The number of nitrogens with zero attached hydrogens (tertiary/aromatic N) is 1. The van der Waals surface area contributed by atoms with E-state index in [1.807, 2.05) is 0 Å². The van der Waals surface area contributed by atoms with Gasteiger partial charge in [0.25, 0.3) is 0 Å². The highest BCUT2D eigenvalue weighted by atomic mass is 15.1. The van der Waals surface area contributed by atoms with E-state index in [4.69, 9.17) is 0 Å². The van der Waals surface area contributed by atoms with Crippen molar-refractivity contribution in [3.8, 4) is 44.5 Å². The van der Waals surface area contributed by atoms with Crippen molar-refractivity contribution in [2.75, 3.05) is 4.90 Å². The molecule has 5 atom stereocenters. The molecule has 0 aliphatic heterocycles. The van der Waals surface area contributed by atoms with Crippen LogP contribution in [0.4, 0.5) is 17.1 Å². The maximum absolute atomic E-state index is 2.49. The summed E-state index contributed by atoms with van der Waals surface area (Å²) in [6, 6.07) is 63.8. The number of anilines is 3. The van der Waals surface area contributed by atoms with Crippen LogP contribution in [0.15, 0.2) is 170 Å². The molecule has 5 aliphatic carbocycles. The zero-order valence-corrected chi connectivity index (χ0v) is 33.1. The zero-order chi connectivity index (χ0) is 37.9. The number of hydrogen-bond acceptors (Lipinski definition) is 1. The van der Waals surface area contributed by atoms with E-state index in [0.29, 0.717) is 5.41 Å². The highest BCUT2D eigenvalue weighted by Crippen LogP contribution is 2.79. The molecule has 5 aliphatic rings. The minimum atomic E-state index is -0.0843. The van der Waals surface area contributed by atoms with E-state index in [0.717, 1.165) is 28.9 Å². The molecule has 278 valence electrons. The highest BCUT2D eigenvalue weighted by Gasteiger charge is 2.70. The molecule has 5 unspecified atom stereocenters. The van der Waals surface area contributed by atoms with Gasteiger partial charge in [-0.1, -0.05) is 153 Å². The predicted molar refractivity (Wildman–Crippen MR) is 237 cm³/mol. The Kier molecular flexibility index (Phi) is 7.15. The Labute approximate surface area is 338 Å². The molecule has 4 saturated carbocycles. The lowest BCUT2D eigenvalue weighted by molar-refractivity contribution is -0.000160. The van der Waals surface area contributed by atoms with E-state index in [1.54, 1.807) is 12.0 Å². The number of benzene rings is 7. The van der Waals surface area contributed by atoms with E-state index in [1.165, 1.54) is 99.1 Å². The van der Waals surface area contributed by atoms with Gasteiger partial charge in [0.15, 0.2) is 0 Å². The molecule has 3 bridgehead atoms. The Hall–Kier alpha value is -5.66. The number of para-hydroxylation sites is 1. The van der Waals surface area contributed by atoms with E-state index in [2.05, 4.69) is 189 Å². The maximum Gasteiger partial charge on any atom is 0.0540 e. The van der Waals surface area contributed by atoms with Crippen molar-refractivity contribution < 1.29 is 0 Å². The van der Waals surface area contributed by atoms with Gasteiger partial charge in [-0.3, -0.25) is 0 Å². The van der Waals surface area contributed by atoms with Crippen molar-refractivity contribution in [1.82, 2.24) is 0 Å². The van der Waals surface area contributed by atoms with Gasteiger partial charge in [-0.05, 0) is 153 Å². The van der Waals surface area contributed by atoms with Gasteiger partial charge in [-0.15, -0.1) is 0 Å². The first-order valence-corrected chi connectivity index (χ1v) is 21.4. The first kappa shape index (κ1) is 33.5. The third-order valence-corrected chi connectivity index (χ3v) is 15.7. The van der Waals surface area contributed by atoms with Crippen LogP contribution in [0.25, 0.3) is 44.5 Å². The Morgan fingerprint density at radius 2 is 1.05 bits per heavy atom. The van der Waals surface area contributed by atoms with Gasteiger partial charge in [0.1, 0.15) is 0 Å². The van der Waals surface area contributed by atoms with E-state index < -0.39 is 0 Å². The molecular weight excluding hydrogens is 687 g/mol. The minimum absolute atomic E-state index is 0.0843. The van der Waals surface area contributed by atoms with Crippen LogP contribution in [0.5, 0.6) is 0 Å². The lowest BCUT2D eigenvalue weighted by Crippen LogP contribution is -2.42. The Morgan fingerprint density at radius 1 is 0.456 bits per heavy atom. The lowest BCUT2D eigenvalue weighted by atomic mass is 9.55. The molecule has 57 heavy (non-hydrogen) atoms. The summed E-state index contributed by atoms with van der Waals surface area (Å²) in [7, 11) is 0. The van der Waals surface area contributed by atoms with Crippen molar-refractivity contribution in [1.29, 1.82) is 0 Å². The highest BCUT2D eigenvalue weighted by molar-refractivity contribution is 5.91. The fourth-order valence-electron chi connectivity index (χ4n) is 13.2. The molecule has 12 rings (SSSR count). The number of fused-ring (bicyclic) bond motifs is 5. The summed E-state index contributed by atoms with van der Waals surface area (Å²) in [4.78, 5) is 2.45. The summed E-state index contributed by atoms with van der Waals surface area (Å²) >= 11 is 0. The minimum Gasteiger partial charge on any atom is -0.310 e. The second kappa shape index (κ2) is 12.2. The molecule has 1 spiro atoms. The molecule has 1 heteroatoms. The van der Waals surface area contributed by atoms with Crippen molar-refractivity contribution in [2.24, 2.45) is 23.2 Å². The molecule has 0 amide bonds. The molecule has 0 N–H and O–H groups in total. The zero-order valence-electron chi connectivity index (χ0n) is 33.1. The van der Waals surface area contributed by atoms with Gasteiger partial charge in [0.2, 0.25) is 0 Å². The molecule has 7 aromatic rings. The molecule has 0 aromatic heterocycles. The van der Waals surface area contributed by atoms with Crippen LogP contribution >= 0.6 is 0 Å². The summed E-state index contributed by atoms with van der Waals surface area (Å²) in [5.41, 5.74) is 19.1. The Morgan fingerprint density at radius 3 is 1.79 bits per heavy atom. The fourth-order valence-corrected chi connectivity index (χ4v) is 13.2. The Bertz CT molecular complexity index is 2670. The van der Waals surface area contributed by atoms with Gasteiger partial charge in [0.05, 0.1) is 5.69 Å². The van der Waals surface area contributed by atoms with Gasteiger partial charge in [-0.2, -0.15) is 0 Å². The van der Waals surface area contributed by atoms with Gasteiger partial charge < -0.3 is 4.90 Å². The van der Waals surface area contributed by atoms with E-state index in [9.17, 15) is 0 Å². The third-order valence-electron chi connectivity index (χ3n) is 15.7. The average molecular weight is 736 g/mol. The molecular formula is C56H49N. The standard InChI is InChI=1S/C56H49N/c1-54(2)51-14-8-6-13-49(51)50-29-28-47(32-52(50)54)57(53-15-9-7-12-48(53)42-10-4-3-5-11-42)46-26-22-41(23-27-46)39-18-16-38(17-19-39)40-20-24-43(25-21-40)55-33-37-30-44-31-45(35-55)56(44,34-37)36-55/h3-29,32,37,44-45H,30-31,33-36H2,1-2H3. The molecule has 0 heterocycles. The first-order valence-electron chi connectivity index (χ1n) is 21.4. The largest absolute Gasteiger partial charge is 0.310 e. The van der Waals surface area contributed by atoms with Crippen LogP contribution in [0, 0.1) is 23.2 Å². The van der Waals surface area contributed by atoms with Gasteiger partial charge >= 0.3 is 0 Å². The van der Waals surface area contributed by atoms with Crippen LogP contribution < -0.4 is 4.90 Å². The maximum atomic E-state index is 2.49. The number of hydrogen-bond donors (Lipinski definition) is 0. The van der Waals surface area contributed by atoms with Crippen molar-refractivity contribution in [2.45, 2.75) is 63.2 Å². The van der Waals surface area contributed by atoms with Crippen molar-refractivity contribution in [3.63, 3.8) is 0 Å². The topological polar surface area (TPSA) is 3.24 Å². The normalized spacial score (nSPS) is 25.4. The second-order valence-electron chi connectivity index (χ2n) is 18.9. The van der Waals surface area contributed by atoms with E-state index >= 15 is 0 Å². The number of rotatable bonds is 7. The van der Waals surface area contributed by atoms with Crippen LogP contribution in [0.2, 0.25) is 0 Å². The van der Waals surface area contributed by atoms with Crippen LogP contribution in [0.1, 0.15) is 69.1 Å². The molecule has 4 fully saturated rings. The van der Waals surface area contributed by atoms with Crippen molar-refractivity contribution >= 4 is 17.1 Å². The SMILES string of the molecule is CC1(C)c2ccccc2-c2ccc(N(c3ccc(-c4ccc(-c5ccc(C67CC8CC9CC(C6)C9(C8)C7)cc5)cc4)cc3)c3ccccc3-c3ccccc3)cc21. The quantitative estimate of drug-likeness (QED) is 0.158. The monoisotopic (exact) mass is 735 g/mol. The summed E-state index contributed by atoms with van der Waals surface area (Å²) in [5, 5.41) is 0. The Balaban J connectivity index is 0.862. The summed E-state index contributed by atoms with van der Waals surface area (Å²) in [6.45, 7) is 4.73. The van der Waals surface area contributed by atoms with Crippen LogP contribution in [0.3, 0.4) is 0 Å². The van der Waals surface area contributed by atoms with Crippen molar-refractivity contribution in [3.05, 3.63) is 187 Å². The molecule has 1 nitrogen and oxygen atoms in total. The van der Waals surface area contributed by atoms with Crippen LogP contribution in [-0.4, -0.2) is 0 Å². The summed E-state index contributed by atoms with van der Waals surface area (Å²) < 4.78 is 0. The summed E-state index contributed by atoms with van der Waals surface area (Å²) in [5.74, 6) is 3.04. The second-order valence-corrected chi connectivity index (χ2v) is 18.9. The fraction of sp³-hybridized carbons (Fsp3) is 0.250. The van der Waals surface area contributed by atoms with E-state index in [-0.39, 0.29) is 5.41 Å². The predicted octanol–water partition coefficient (Wildman–Crippen LogP) is 14.9. The average Bonchev–Trinajstić information content (AvgIpc) is 3.70. The summed E-state index contributed by atoms with van der Waals surface area (Å²) in [6.07, 6.45) is 8.94. The molecule has 7 aromatic carbocycles.